The summed E-state index contributed by atoms with van der Waals surface area (Å²) in [6.07, 6.45) is 0. The minimum atomic E-state index is -1.28. The van der Waals surface area contributed by atoms with Crippen molar-refractivity contribution in [3.05, 3.63) is 53.6 Å². The first-order valence-corrected chi connectivity index (χ1v) is 5.23. The van der Waals surface area contributed by atoms with Gasteiger partial charge >= 0.3 is 5.97 Å². The Labute approximate surface area is 107 Å². The number of rotatable bonds is 3. The number of halogens is 2. The molecule has 0 saturated carbocycles. The van der Waals surface area contributed by atoms with Gasteiger partial charge in [0, 0.05) is 6.07 Å². The summed E-state index contributed by atoms with van der Waals surface area (Å²) in [7, 11) is 0. The molecule has 0 saturated heterocycles. The van der Waals surface area contributed by atoms with E-state index in [-0.39, 0.29) is 17.0 Å². The topological polar surface area (TPSA) is 72.6 Å². The van der Waals surface area contributed by atoms with Crippen molar-refractivity contribution < 1.29 is 23.4 Å². The third-order valence-corrected chi connectivity index (χ3v) is 2.38. The quantitative estimate of drug-likeness (QED) is 0.836. The average molecular weight is 265 g/mol. The fourth-order valence-electron chi connectivity index (χ4n) is 1.50. The summed E-state index contributed by atoms with van der Waals surface area (Å²) in [4.78, 5) is 11.0. The van der Waals surface area contributed by atoms with Crippen molar-refractivity contribution in [3.63, 3.8) is 0 Å². The number of nitrogens with two attached hydrogens (primary N) is 1. The number of carboxylic acids is 1. The Morgan fingerprint density at radius 2 is 1.95 bits per heavy atom. The molecule has 0 radical (unpaired) electrons. The maximum Gasteiger partial charge on any atom is 0.339 e. The Morgan fingerprint density at radius 1 is 1.21 bits per heavy atom. The van der Waals surface area contributed by atoms with E-state index in [9.17, 15) is 13.6 Å². The normalized spacial score (nSPS) is 10.2. The number of anilines is 1. The second-order valence-corrected chi connectivity index (χ2v) is 3.71. The van der Waals surface area contributed by atoms with E-state index in [4.69, 9.17) is 15.6 Å². The van der Waals surface area contributed by atoms with Crippen LogP contribution in [0.4, 0.5) is 14.5 Å². The van der Waals surface area contributed by atoms with E-state index in [1.807, 2.05) is 0 Å². The lowest BCUT2D eigenvalue weighted by atomic mass is 10.1. The van der Waals surface area contributed by atoms with Gasteiger partial charge in [0.15, 0.2) is 17.3 Å². The van der Waals surface area contributed by atoms with Crippen LogP contribution in [0.1, 0.15) is 10.4 Å². The lowest BCUT2D eigenvalue weighted by Gasteiger charge is -2.11. The molecule has 2 rings (SSSR count). The first-order chi connectivity index (χ1) is 8.99. The molecule has 2 aromatic carbocycles. The third kappa shape index (κ3) is 2.62. The van der Waals surface area contributed by atoms with Crippen molar-refractivity contribution in [3.8, 4) is 11.5 Å². The lowest BCUT2D eigenvalue weighted by Crippen LogP contribution is -2.03. The van der Waals surface area contributed by atoms with Crippen molar-refractivity contribution in [2.75, 3.05) is 5.73 Å². The van der Waals surface area contributed by atoms with Gasteiger partial charge in [0.2, 0.25) is 0 Å². The van der Waals surface area contributed by atoms with E-state index in [2.05, 4.69) is 0 Å². The molecule has 0 amide bonds. The van der Waals surface area contributed by atoms with E-state index in [1.165, 1.54) is 18.2 Å². The van der Waals surface area contributed by atoms with Crippen LogP contribution >= 0.6 is 0 Å². The summed E-state index contributed by atoms with van der Waals surface area (Å²) in [6.45, 7) is 0. The second-order valence-electron chi connectivity index (χ2n) is 3.71. The largest absolute Gasteiger partial charge is 0.478 e. The highest BCUT2D eigenvalue weighted by Gasteiger charge is 2.16. The van der Waals surface area contributed by atoms with Crippen LogP contribution in [0.2, 0.25) is 0 Å². The van der Waals surface area contributed by atoms with E-state index < -0.39 is 23.4 Å². The number of ether oxygens (including phenoxy) is 1. The summed E-state index contributed by atoms with van der Waals surface area (Å²) in [6, 6.07) is 6.70. The SMILES string of the molecule is Nc1cccc(C(=O)O)c1Oc1cc(F)ccc1F. The summed E-state index contributed by atoms with van der Waals surface area (Å²) >= 11 is 0. The molecule has 19 heavy (non-hydrogen) atoms. The van der Waals surface area contributed by atoms with Gasteiger partial charge in [0.1, 0.15) is 11.4 Å². The molecule has 6 heteroatoms. The van der Waals surface area contributed by atoms with Crippen LogP contribution in [0.3, 0.4) is 0 Å². The number of carbonyl (C=O) groups is 1. The lowest BCUT2D eigenvalue weighted by molar-refractivity contribution is 0.0694. The fourth-order valence-corrected chi connectivity index (χ4v) is 1.50. The zero-order valence-corrected chi connectivity index (χ0v) is 9.56. The molecule has 2 aromatic rings. The molecule has 0 bridgehead atoms. The minimum absolute atomic E-state index is 0.0172. The first-order valence-electron chi connectivity index (χ1n) is 5.23. The van der Waals surface area contributed by atoms with E-state index in [0.29, 0.717) is 0 Å². The molecule has 0 aliphatic rings. The van der Waals surface area contributed by atoms with E-state index in [1.54, 1.807) is 0 Å². The molecule has 0 aliphatic carbocycles. The highest BCUT2D eigenvalue weighted by Crippen LogP contribution is 2.32. The number of para-hydroxylation sites is 1. The zero-order valence-electron chi connectivity index (χ0n) is 9.56. The van der Waals surface area contributed by atoms with Crippen LogP contribution in [0, 0.1) is 11.6 Å². The number of nitrogen functional groups attached to an aromatic ring is 1. The predicted octanol–water partition coefficient (Wildman–Crippen LogP) is 3.04. The number of benzene rings is 2. The van der Waals surface area contributed by atoms with Gasteiger partial charge in [-0.05, 0) is 24.3 Å². The van der Waals surface area contributed by atoms with Gasteiger partial charge in [-0.25, -0.2) is 13.6 Å². The zero-order chi connectivity index (χ0) is 14.0. The van der Waals surface area contributed by atoms with Crippen LogP contribution in [-0.2, 0) is 0 Å². The van der Waals surface area contributed by atoms with Crippen LogP contribution in [0.5, 0.6) is 11.5 Å². The maximum atomic E-state index is 13.4. The summed E-state index contributed by atoms with van der Waals surface area (Å²) in [5, 5.41) is 8.99. The molecule has 0 aliphatic heterocycles. The molecule has 0 aromatic heterocycles. The monoisotopic (exact) mass is 265 g/mol. The molecule has 0 fully saturated rings. The molecule has 0 heterocycles. The molecule has 4 nitrogen and oxygen atoms in total. The van der Waals surface area contributed by atoms with Gasteiger partial charge in [-0.3, -0.25) is 0 Å². The van der Waals surface area contributed by atoms with Crippen LogP contribution in [0.15, 0.2) is 36.4 Å². The van der Waals surface area contributed by atoms with Gasteiger partial charge in [-0.2, -0.15) is 0 Å². The maximum absolute atomic E-state index is 13.4. The van der Waals surface area contributed by atoms with Crippen molar-refractivity contribution in [1.29, 1.82) is 0 Å². The van der Waals surface area contributed by atoms with Crippen molar-refractivity contribution in [1.82, 2.24) is 0 Å². The molecular weight excluding hydrogens is 256 g/mol. The average Bonchev–Trinajstić information content (AvgIpc) is 2.35. The number of carboxylic acid groups (broad SMARTS) is 1. The van der Waals surface area contributed by atoms with Crippen molar-refractivity contribution >= 4 is 11.7 Å². The third-order valence-electron chi connectivity index (χ3n) is 2.38. The standard InChI is InChI=1S/C13H9F2NO3/c14-7-4-5-9(15)11(6-7)19-12-8(13(17)18)2-1-3-10(12)16/h1-6H,16H2,(H,17,18). The van der Waals surface area contributed by atoms with Crippen molar-refractivity contribution in [2.24, 2.45) is 0 Å². The van der Waals surface area contributed by atoms with Crippen LogP contribution < -0.4 is 10.5 Å². The second kappa shape index (κ2) is 4.93. The first kappa shape index (κ1) is 12.8. The van der Waals surface area contributed by atoms with Crippen LogP contribution in [0.25, 0.3) is 0 Å². The fraction of sp³-hybridized carbons (Fsp3) is 0. The Hall–Kier alpha value is -2.63. The summed E-state index contributed by atoms with van der Waals surface area (Å²) < 4.78 is 31.5. The molecule has 3 N–H and O–H groups in total. The van der Waals surface area contributed by atoms with E-state index >= 15 is 0 Å². The molecular formula is C13H9F2NO3. The highest BCUT2D eigenvalue weighted by molar-refractivity contribution is 5.93. The van der Waals surface area contributed by atoms with Gasteiger partial charge < -0.3 is 15.6 Å². The van der Waals surface area contributed by atoms with Gasteiger partial charge in [-0.15, -0.1) is 0 Å². The van der Waals surface area contributed by atoms with Crippen LogP contribution in [-0.4, -0.2) is 11.1 Å². The minimum Gasteiger partial charge on any atom is -0.478 e. The number of aromatic carboxylic acids is 1. The van der Waals surface area contributed by atoms with Gasteiger partial charge in [0.05, 0.1) is 5.69 Å². The molecule has 98 valence electrons. The molecule has 0 spiro atoms. The van der Waals surface area contributed by atoms with Gasteiger partial charge in [-0.1, -0.05) is 6.07 Å². The Morgan fingerprint density at radius 3 is 2.63 bits per heavy atom. The smallest absolute Gasteiger partial charge is 0.339 e. The molecule has 0 unspecified atom stereocenters. The Kier molecular flexibility index (Phi) is 3.33. The van der Waals surface area contributed by atoms with E-state index in [0.717, 1.165) is 18.2 Å². The molecule has 0 atom stereocenters. The highest BCUT2D eigenvalue weighted by atomic mass is 19.1. The Balaban J connectivity index is 2.49. The Bertz CT molecular complexity index is 644. The summed E-state index contributed by atoms with van der Waals surface area (Å²) in [5.74, 6) is -3.46. The predicted molar refractivity (Wildman–Crippen MR) is 64.2 cm³/mol. The summed E-state index contributed by atoms with van der Waals surface area (Å²) in [5.41, 5.74) is 5.38. The van der Waals surface area contributed by atoms with Crippen molar-refractivity contribution in [2.45, 2.75) is 0 Å². The number of hydrogen-bond donors (Lipinski definition) is 2. The van der Waals surface area contributed by atoms with Gasteiger partial charge in [0.25, 0.3) is 0 Å². The number of hydrogen-bond acceptors (Lipinski definition) is 3.